The highest BCUT2D eigenvalue weighted by Gasteiger charge is 2.17. The third kappa shape index (κ3) is 4.69. The SMILES string of the molecule is Cc1nc(C(=O)Nc2nnc(SCc3ccc(F)cc3)s2)nn1-c1ccc(F)cc1. The number of hydrogen-bond acceptors (Lipinski definition) is 7. The molecule has 2 heterocycles. The third-order valence-electron chi connectivity index (χ3n) is 3.95. The molecule has 0 bridgehead atoms. The Labute approximate surface area is 178 Å². The molecule has 0 aliphatic heterocycles. The Morgan fingerprint density at radius 2 is 1.73 bits per heavy atom. The van der Waals surface area contributed by atoms with Crippen molar-refractivity contribution in [2.45, 2.75) is 17.0 Å². The van der Waals surface area contributed by atoms with Crippen molar-refractivity contribution in [3.8, 4) is 5.69 Å². The molecule has 0 unspecified atom stereocenters. The van der Waals surface area contributed by atoms with Crippen molar-refractivity contribution in [1.29, 1.82) is 0 Å². The van der Waals surface area contributed by atoms with Gasteiger partial charge in [-0.1, -0.05) is 35.2 Å². The van der Waals surface area contributed by atoms with Gasteiger partial charge in [0, 0.05) is 5.75 Å². The second-order valence-corrected chi connectivity index (χ2v) is 8.31. The molecule has 1 amide bonds. The molecule has 4 rings (SSSR count). The largest absolute Gasteiger partial charge is 0.297 e. The smallest absolute Gasteiger partial charge is 0.294 e. The van der Waals surface area contributed by atoms with Crippen molar-refractivity contribution in [3.05, 3.63) is 77.4 Å². The van der Waals surface area contributed by atoms with Crippen LogP contribution in [-0.4, -0.2) is 30.9 Å². The summed E-state index contributed by atoms with van der Waals surface area (Å²) in [6, 6.07) is 11.9. The maximum absolute atomic E-state index is 13.1. The van der Waals surface area contributed by atoms with Crippen molar-refractivity contribution < 1.29 is 13.6 Å². The fourth-order valence-electron chi connectivity index (χ4n) is 2.51. The van der Waals surface area contributed by atoms with Gasteiger partial charge >= 0.3 is 0 Å². The number of aromatic nitrogens is 5. The Balaban J connectivity index is 1.40. The van der Waals surface area contributed by atoms with Crippen LogP contribution in [0, 0.1) is 18.6 Å². The van der Waals surface area contributed by atoms with Gasteiger partial charge < -0.3 is 0 Å². The molecule has 7 nitrogen and oxygen atoms in total. The highest BCUT2D eigenvalue weighted by molar-refractivity contribution is 8.00. The number of thioether (sulfide) groups is 1. The van der Waals surface area contributed by atoms with E-state index in [4.69, 9.17) is 0 Å². The molecule has 4 aromatic rings. The number of aryl methyl sites for hydroxylation is 1. The summed E-state index contributed by atoms with van der Waals surface area (Å²) >= 11 is 2.65. The number of rotatable bonds is 6. The van der Waals surface area contributed by atoms with Crippen LogP contribution in [0.1, 0.15) is 22.0 Å². The predicted molar refractivity (Wildman–Crippen MR) is 110 cm³/mol. The van der Waals surface area contributed by atoms with E-state index in [1.807, 2.05) is 0 Å². The van der Waals surface area contributed by atoms with E-state index in [1.165, 1.54) is 52.0 Å². The standard InChI is InChI=1S/C19H14F2N6OS2/c1-11-22-16(26-27(11)15-8-6-14(21)7-9-15)17(28)23-18-24-25-19(30-18)29-10-12-2-4-13(20)5-3-12/h2-9H,10H2,1H3,(H,23,24,28). The van der Waals surface area contributed by atoms with Crippen LogP contribution in [0.2, 0.25) is 0 Å². The number of nitrogens with one attached hydrogen (secondary N) is 1. The van der Waals surface area contributed by atoms with Crippen molar-refractivity contribution in [1.82, 2.24) is 25.0 Å². The number of carbonyl (C=O) groups is 1. The van der Waals surface area contributed by atoms with Crippen LogP contribution in [0.4, 0.5) is 13.9 Å². The number of carbonyl (C=O) groups excluding carboxylic acids is 1. The molecule has 0 saturated heterocycles. The molecule has 2 aromatic carbocycles. The lowest BCUT2D eigenvalue weighted by molar-refractivity contribution is 0.101. The minimum atomic E-state index is -0.523. The average molecular weight is 444 g/mol. The summed E-state index contributed by atoms with van der Waals surface area (Å²) in [6.07, 6.45) is 0. The minimum Gasteiger partial charge on any atom is -0.294 e. The molecule has 0 saturated carbocycles. The van der Waals surface area contributed by atoms with Crippen LogP contribution in [0.3, 0.4) is 0 Å². The predicted octanol–water partition coefficient (Wildman–Crippen LogP) is 4.25. The first-order valence-electron chi connectivity index (χ1n) is 8.69. The van der Waals surface area contributed by atoms with Gasteiger partial charge in [0.05, 0.1) is 5.69 Å². The van der Waals surface area contributed by atoms with Gasteiger partial charge in [-0.25, -0.2) is 18.4 Å². The Morgan fingerprint density at radius 1 is 1.07 bits per heavy atom. The second-order valence-electron chi connectivity index (χ2n) is 6.11. The number of anilines is 1. The molecule has 0 spiro atoms. The quantitative estimate of drug-likeness (QED) is 0.354. The zero-order chi connectivity index (χ0) is 21.1. The van der Waals surface area contributed by atoms with Gasteiger partial charge in [0.15, 0.2) is 4.34 Å². The monoisotopic (exact) mass is 444 g/mol. The first-order chi connectivity index (χ1) is 14.5. The molecule has 1 N–H and O–H groups in total. The van der Waals surface area contributed by atoms with Gasteiger partial charge in [-0.05, 0) is 48.9 Å². The van der Waals surface area contributed by atoms with Crippen molar-refractivity contribution in [2.75, 3.05) is 5.32 Å². The highest BCUT2D eigenvalue weighted by Crippen LogP contribution is 2.28. The maximum Gasteiger partial charge on any atom is 0.297 e. The lowest BCUT2D eigenvalue weighted by atomic mass is 10.2. The molecule has 2 aromatic heterocycles. The molecule has 152 valence electrons. The van der Waals surface area contributed by atoms with Gasteiger partial charge in [-0.2, -0.15) is 0 Å². The second kappa shape index (κ2) is 8.67. The average Bonchev–Trinajstić information content (AvgIpc) is 3.35. The molecule has 0 aliphatic carbocycles. The molecular formula is C19H14F2N6OS2. The lowest BCUT2D eigenvalue weighted by Gasteiger charge is -2.01. The van der Waals surface area contributed by atoms with Crippen LogP contribution in [0.15, 0.2) is 52.9 Å². The molecule has 0 fully saturated rings. The maximum atomic E-state index is 13.1. The Morgan fingerprint density at radius 3 is 2.43 bits per heavy atom. The third-order valence-corrected chi connectivity index (χ3v) is 5.99. The summed E-state index contributed by atoms with van der Waals surface area (Å²) < 4.78 is 28.2. The first kappa shape index (κ1) is 20.1. The van der Waals surface area contributed by atoms with Crippen LogP contribution in [-0.2, 0) is 5.75 Å². The number of nitrogens with zero attached hydrogens (tertiary/aromatic N) is 5. The fraction of sp³-hybridized carbons (Fsp3) is 0.105. The van der Waals surface area contributed by atoms with Crippen LogP contribution < -0.4 is 5.32 Å². The van der Waals surface area contributed by atoms with Gasteiger partial charge in [0.25, 0.3) is 5.91 Å². The van der Waals surface area contributed by atoms with E-state index in [9.17, 15) is 13.6 Å². The lowest BCUT2D eigenvalue weighted by Crippen LogP contribution is -2.14. The van der Waals surface area contributed by atoms with E-state index < -0.39 is 5.91 Å². The zero-order valence-electron chi connectivity index (χ0n) is 15.5. The Kier molecular flexibility index (Phi) is 5.81. The van der Waals surface area contributed by atoms with E-state index in [-0.39, 0.29) is 17.5 Å². The Bertz CT molecular complexity index is 1170. The zero-order valence-corrected chi connectivity index (χ0v) is 17.2. The Hall–Kier alpha value is -3.18. The van der Waals surface area contributed by atoms with Gasteiger partial charge in [0.1, 0.15) is 17.5 Å². The molecule has 11 heteroatoms. The van der Waals surface area contributed by atoms with E-state index in [0.29, 0.717) is 26.7 Å². The summed E-state index contributed by atoms with van der Waals surface area (Å²) in [5.41, 5.74) is 1.55. The topological polar surface area (TPSA) is 85.6 Å². The van der Waals surface area contributed by atoms with Gasteiger partial charge in [-0.15, -0.1) is 15.3 Å². The number of halogens is 2. The molecular weight excluding hydrogens is 430 g/mol. The molecule has 0 radical (unpaired) electrons. The van der Waals surface area contributed by atoms with E-state index in [1.54, 1.807) is 31.2 Å². The molecule has 0 aliphatic rings. The van der Waals surface area contributed by atoms with Gasteiger partial charge in [-0.3, -0.25) is 10.1 Å². The van der Waals surface area contributed by atoms with Gasteiger partial charge in [0.2, 0.25) is 11.0 Å². The molecule has 0 atom stereocenters. The van der Waals surface area contributed by atoms with Crippen molar-refractivity contribution in [3.63, 3.8) is 0 Å². The minimum absolute atomic E-state index is 0.0347. The number of hydrogen-bond donors (Lipinski definition) is 1. The summed E-state index contributed by atoms with van der Waals surface area (Å²) in [6.45, 7) is 1.70. The normalized spacial score (nSPS) is 10.9. The number of amides is 1. The first-order valence-corrected chi connectivity index (χ1v) is 10.5. The van der Waals surface area contributed by atoms with Crippen molar-refractivity contribution >= 4 is 34.1 Å². The summed E-state index contributed by atoms with van der Waals surface area (Å²) in [5, 5.41) is 15.1. The summed E-state index contributed by atoms with van der Waals surface area (Å²) in [7, 11) is 0. The van der Waals surface area contributed by atoms with E-state index >= 15 is 0 Å². The van der Waals surface area contributed by atoms with Crippen LogP contribution in [0.25, 0.3) is 5.69 Å². The summed E-state index contributed by atoms with van der Waals surface area (Å²) in [4.78, 5) is 16.6. The summed E-state index contributed by atoms with van der Waals surface area (Å²) in [5.74, 6) is -0.113. The van der Waals surface area contributed by atoms with Crippen LogP contribution in [0.5, 0.6) is 0 Å². The van der Waals surface area contributed by atoms with Crippen LogP contribution >= 0.6 is 23.1 Å². The number of benzene rings is 2. The fourth-order valence-corrected chi connectivity index (χ4v) is 4.21. The van der Waals surface area contributed by atoms with E-state index in [0.717, 1.165) is 5.56 Å². The highest BCUT2D eigenvalue weighted by atomic mass is 32.2. The van der Waals surface area contributed by atoms with E-state index in [2.05, 4.69) is 25.6 Å². The van der Waals surface area contributed by atoms with Crippen molar-refractivity contribution in [2.24, 2.45) is 0 Å². The molecule has 30 heavy (non-hydrogen) atoms.